The average Bonchev–Trinajstić information content (AvgIpc) is 3.04. The van der Waals surface area contributed by atoms with Crippen LogP contribution in [-0.2, 0) is 17.7 Å². The normalized spacial score (nSPS) is 11.8. The first-order valence-electron chi connectivity index (χ1n) is 9.72. The molecule has 0 atom stereocenters. The molecule has 0 amide bonds. The van der Waals surface area contributed by atoms with Crippen molar-refractivity contribution < 1.29 is 0 Å². The van der Waals surface area contributed by atoms with E-state index in [0.29, 0.717) is 0 Å². The molecule has 1 heterocycles. The van der Waals surface area contributed by atoms with Crippen LogP contribution in [0.5, 0.6) is 0 Å². The van der Waals surface area contributed by atoms with Crippen molar-refractivity contribution in [2.45, 2.75) is 43.6 Å². The Balaban J connectivity index is 1.63. The second-order valence-electron chi connectivity index (χ2n) is 8.19. The summed E-state index contributed by atoms with van der Waals surface area (Å²) >= 11 is 1.80. The van der Waals surface area contributed by atoms with Gasteiger partial charge in [-0.05, 0) is 34.2 Å². The largest absolute Gasteiger partial charge is 0.314 e. The zero-order valence-electron chi connectivity index (χ0n) is 16.7. The number of para-hydroxylation sites is 2. The molecule has 1 aromatic heterocycles. The number of thioether (sulfide) groups is 1. The molecule has 0 aliphatic rings. The van der Waals surface area contributed by atoms with E-state index < -0.39 is 0 Å². The Kier molecular flexibility index (Phi) is 5.27. The second-order valence-corrected chi connectivity index (χ2v) is 9.13. The van der Waals surface area contributed by atoms with Crippen LogP contribution in [-0.4, -0.2) is 9.55 Å². The Hall–Kier alpha value is -2.52. The molecule has 4 rings (SSSR count). The van der Waals surface area contributed by atoms with Gasteiger partial charge in [0.1, 0.15) is 0 Å². The number of rotatable bonds is 5. The number of fused-ring (bicyclic) bond motifs is 1. The summed E-state index contributed by atoms with van der Waals surface area (Å²) in [4.78, 5) is 4.91. The zero-order chi connectivity index (χ0) is 19.6. The van der Waals surface area contributed by atoms with E-state index in [1.807, 2.05) is 0 Å². The smallest absolute Gasteiger partial charge is 0.169 e. The molecule has 0 radical (unpaired) electrons. The van der Waals surface area contributed by atoms with E-state index in [9.17, 15) is 0 Å². The SMILES string of the molecule is CC(C)(C)c1ccc(Cn2c(SCc3ccccc3)nc3ccccc32)cc1. The van der Waals surface area contributed by atoms with Gasteiger partial charge in [-0.25, -0.2) is 4.98 Å². The molecule has 0 saturated carbocycles. The van der Waals surface area contributed by atoms with Crippen molar-refractivity contribution in [1.82, 2.24) is 9.55 Å². The van der Waals surface area contributed by atoms with Gasteiger partial charge in [-0.2, -0.15) is 0 Å². The predicted octanol–water partition coefficient (Wildman–Crippen LogP) is 6.67. The van der Waals surface area contributed by atoms with E-state index in [-0.39, 0.29) is 5.41 Å². The predicted molar refractivity (Wildman–Crippen MR) is 120 cm³/mol. The Morgan fingerprint density at radius 2 is 1.46 bits per heavy atom. The monoisotopic (exact) mass is 386 g/mol. The van der Waals surface area contributed by atoms with Gasteiger partial charge in [-0.3, -0.25) is 0 Å². The topological polar surface area (TPSA) is 17.8 Å². The van der Waals surface area contributed by atoms with Gasteiger partial charge in [-0.1, -0.05) is 99.3 Å². The first-order chi connectivity index (χ1) is 13.5. The molecule has 2 nitrogen and oxygen atoms in total. The van der Waals surface area contributed by atoms with Crippen LogP contribution in [0.1, 0.15) is 37.5 Å². The molecule has 4 aromatic rings. The van der Waals surface area contributed by atoms with Gasteiger partial charge in [0, 0.05) is 5.75 Å². The van der Waals surface area contributed by atoms with E-state index in [1.54, 1.807) is 11.8 Å². The highest BCUT2D eigenvalue weighted by atomic mass is 32.2. The maximum atomic E-state index is 4.91. The van der Waals surface area contributed by atoms with Crippen LogP contribution in [0.3, 0.4) is 0 Å². The number of imidazole rings is 1. The highest BCUT2D eigenvalue weighted by Gasteiger charge is 2.14. The van der Waals surface area contributed by atoms with Crippen LogP contribution in [0.25, 0.3) is 11.0 Å². The lowest BCUT2D eigenvalue weighted by Crippen LogP contribution is -2.11. The van der Waals surface area contributed by atoms with Gasteiger partial charge < -0.3 is 4.57 Å². The molecular formula is C25H26N2S. The third-order valence-electron chi connectivity index (χ3n) is 4.99. The van der Waals surface area contributed by atoms with Gasteiger partial charge >= 0.3 is 0 Å². The summed E-state index contributed by atoms with van der Waals surface area (Å²) < 4.78 is 2.34. The van der Waals surface area contributed by atoms with Crippen LogP contribution in [0.4, 0.5) is 0 Å². The van der Waals surface area contributed by atoms with E-state index in [0.717, 1.165) is 23.0 Å². The van der Waals surface area contributed by atoms with Gasteiger partial charge in [0.2, 0.25) is 0 Å². The van der Waals surface area contributed by atoms with Crippen LogP contribution in [0.2, 0.25) is 0 Å². The minimum Gasteiger partial charge on any atom is -0.314 e. The van der Waals surface area contributed by atoms with E-state index in [1.165, 1.54) is 22.2 Å². The number of benzene rings is 3. The standard InChI is InChI=1S/C25H26N2S/c1-25(2,3)21-15-13-19(14-16-21)17-27-23-12-8-7-11-22(23)26-24(27)28-18-20-9-5-4-6-10-20/h4-16H,17-18H2,1-3H3. The average molecular weight is 387 g/mol. The lowest BCUT2D eigenvalue weighted by molar-refractivity contribution is 0.589. The van der Waals surface area contributed by atoms with Crippen molar-refractivity contribution >= 4 is 22.8 Å². The van der Waals surface area contributed by atoms with Crippen molar-refractivity contribution in [2.24, 2.45) is 0 Å². The van der Waals surface area contributed by atoms with Crippen molar-refractivity contribution in [2.75, 3.05) is 0 Å². The number of hydrogen-bond acceptors (Lipinski definition) is 2. The molecule has 0 aliphatic heterocycles. The summed E-state index contributed by atoms with van der Waals surface area (Å²) in [5.41, 5.74) is 6.42. The molecule has 3 heteroatoms. The molecule has 0 aliphatic carbocycles. The van der Waals surface area contributed by atoms with Crippen LogP contribution >= 0.6 is 11.8 Å². The van der Waals surface area contributed by atoms with E-state index >= 15 is 0 Å². The third kappa shape index (κ3) is 4.15. The fraction of sp³-hybridized carbons (Fsp3) is 0.240. The third-order valence-corrected chi connectivity index (χ3v) is 6.04. The summed E-state index contributed by atoms with van der Waals surface area (Å²) in [6.07, 6.45) is 0. The molecule has 0 fully saturated rings. The van der Waals surface area contributed by atoms with Crippen molar-refractivity contribution in [3.63, 3.8) is 0 Å². The number of aromatic nitrogens is 2. The summed E-state index contributed by atoms with van der Waals surface area (Å²) in [5, 5.41) is 1.07. The quantitative estimate of drug-likeness (QED) is 0.356. The molecule has 0 unspecified atom stereocenters. The van der Waals surface area contributed by atoms with Crippen molar-refractivity contribution in [3.8, 4) is 0 Å². The molecule has 0 N–H and O–H groups in total. The number of hydrogen-bond donors (Lipinski definition) is 0. The van der Waals surface area contributed by atoms with Crippen LogP contribution in [0.15, 0.2) is 84.0 Å². The van der Waals surface area contributed by atoms with E-state index in [2.05, 4.69) is 104 Å². The van der Waals surface area contributed by atoms with Crippen molar-refractivity contribution in [3.05, 3.63) is 95.6 Å². The van der Waals surface area contributed by atoms with Crippen LogP contribution in [0, 0.1) is 0 Å². The van der Waals surface area contributed by atoms with Crippen LogP contribution < -0.4 is 0 Å². The van der Waals surface area contributed by atoms with Gasteiger partial charge in [0.05, 0.1) is 17.6 Å². The Morgan fingerprint density at radius 1 is 0.786 bits per heavy atom. The maximum Gasteiger partial charge on any atom is 0.169 e. The first-order valence-corrected chi connectivity index (χ1v) is 10.7. The molecule has 0 spiro atoms. The minimum absolute atomic E-state index is 0.178. The minimum atomic E-state index is 0.178. The fourth-order valence-electron chi connectivity index (χ4n) is 3.33. The van der Waals surface area contributed by atoms with Crippen molar-refractivity contribution in [1.29, 1.82) is 0 Å². The summed E-state index contributed by atoms with van der Waals surface area (Å²) in [6, 6.07) is 28.0. The summed E-state index contributed by atoms with van der Waals surface area (Å²) in [6.45, 7) is 7.60. The highest BCUT2D eigenvalue weighted by Crippen LogP contribution is 2.28. The van der Waals surface area contributed by atoms with Gasteiger partial charge in [0.15, 0.2) is 5.16 Å². The summed E-state index contributed by atoms with van der Waals surface area (Å²) in [5.74, 6) is 0.924. The zero-order valence-corrected chi connectivity index (χ0v) is 17.5. The fourth-order valence-corrected chi connectivity index (χ4v) is 4.30. The van der Waals surface area contributed by atoms with Gasteiger partial charge in [0.25, 0.3) is 0 Å². The maximum absolute atomic E-state index is 4.91. The Morgan fingerprint density at radius 3 is 2.18 bits per heavy atom. The highest BCUT2D eigenvalue weighted by molar-refractivity contribution is 7.98. The molecule has 142 valence electrons. The molecular weight excluding hydrogens is 360 g/mol. The molecule has 0 bridgehead atoms. The number of nitrogens with zero attached hydrogens (tertiary/aromatic N) is 2. The second kappa shape index (κ2) is 7.84. The molecule has 3 aromatic carbocycles. The Bertz CT molecular complexity index is 1060. The molecule has 0 saturated heterocycles. The Labute approximate surface area is 171 Å². The summed E-state index contributed by atoms with van der Waals surface area (Å²) in [7, 11) is 0. The molecule has 28 heavy (non-hydrogen) atoms. The first kappa shape index (κ1) is 18.8. The lowest BCUT2D eigenvalue weighted by atomic mass is 9.87. The lowest BCUT2D eigenvalue weighted by Gasteiger charge is -2.19. The van der Waals surface area contributed by atoms with Gasteiger partial charge in [-0.15, -0.1) is 0 Å². The van der Waals surface area contributed by atoms with E-state index in [4.69, 9.17) is 4.98 Å².